The number of nitrogen functional groups attached to an aromatic ring is 1. The number of aryl methyl sites for hydroxylation is 1. The minimum atomic E-state index is -0.179. The van der Waals surface area contributed by atoms with Crippen LogP contribution in [-0.4, -0.2) is 25.7 Å². The first kappa shape index (κ1) is 9.72. The van der Waals surface area contributed by atoms with Crippen molar-refractivity contribution < 1.29 is 5.11 Å². The molecule has 0 aliphatic heterocycles. The van der Waals surface area contributed by atoms with Crippen molar-refractivity contribution in [2.45, 2.75) is 6.42 Å². The predicted octanol–water partition coefficient (Wildman–Crippen LogP) is -0.850. The number of hydrogen-bond donors (Lipinski definition) is 2. The maximum Gasteiger partial charge on any atom is 0.262 e. The van der Waals surface area contributed by atoms with E-state index in [-0.39, 0.29) is 12.2 Å². The Morgan fingerprint density at radius 2 is 2.33 bits per heavy atom. The molecule has 0 spiro atoms. The van der Waals surface area contributed by atoms with Crippen LogP contribution in [0.4, 0.5) is 5.82 Å². The molecule has 2 heterocycles. The maximum absolute atomic E-state index is 11.8. The molecule has 2 rings (SSSR count). The molecule has 0 unspecified atom stereocenters. The zero-order chi connectivity index (χ0) is 11.0. The Labute approximate surface area is 85.6 Å². The van der Waals surface area contributed by atoms with E-state index in [1.54, 1.807) is 11.6 Å². The summed E-state index contributed by atoms with van der Waals surface area (Å²) in [7, 11) is 1.74. The Bertz CT molecular complexity index is 555. The number of rotatable bonds is 2. The Hall–Kier alpha value is -1.82. The van der Waals surface area contributed by atoms with Crippen molar-refractivity contribution in [3.05, 3.63) is 28.3 Å². The van der Waals surface area contributed by atoms with Gasteiger partial charge in [0.05, 0.1) is 6.20 Å². The molecular formula is C9H12N4O2. The number of aromatic nitrogens is 3. The molecule has 0 bridgehead atoms. The Kier molecular flexibility index (Phi) is 2.20. The monoisotopic (exact) mass is 208 g/mol. The molecule has 15 heavy (non-hydrogen) atoms. The highest BCUT2D eigenvalue weighted by molar-refractivity contribution is 5.43. The van der Waals surface area contributed by atoms with E-state index >= 15 is 0 Å². The fourth-order valence-electron chi connectivity index (χ4n) is 1.49. The minimum Gasteiger partial charge on any atom is -0.396 e. The van der Waals surface area contributed by atoms with Gasteiger partial charge in [0.2, 0.25) is 5.78 Å². The van der Waals surface area contributed by atoms with Crippen LogP contribution in [0.15, 0.2) is 17.2 Å². The third-order valence-electron chi connectivity index (χ3n) is 2.37. The SMILES string of the molecule is Cn1c(N)cn2c(=O)c(CCO)cnc12. The van der Waals surface area contributed by atoms with Crippen molar-refractivity contribution >= 4 is 11.6 Å². The van der Waals surface area contributed by atoms with Crippen LogP contribution in [0.1, 0.15) is 5.56 Å². The lowest BCUT2D eigenvalue weighted by Gasteiger charge is -1.99. The number of nitrogens with two attached hydrogens (primary N) is 1. The van der Waals surface area contributed by atoms with Crippen LogP contribution >= 0.6 is 0 Å². The summed E-state index contributed by atoms with van der Waals surface area (Å²) in [4.78, 5) is 15.9. The molecule has 0 aliphatic rings. The minimum absolute atomic E-state index is 0.0642. The van der Waals surface area contributed by atoms with E-state index in [4.69, 9.17) is 10.8 Å². The summed E-state index contributed by atoms with van der Waals surface area (Å²) in [5.74, 6) is 0.972. The summed E-state index contributed by atoms with van der Waals surface area (Å²) in [6.45, 7) is -0.0642. The van der Waals surface area contributed by atoms with Gasteiger partial charge in [0, 0.05) is 31.8 Å². The molecule has 2 aromatic heterocycles. The number of hydrogen-bond acceptors (Lipinski definition) is 4. The highest BCUT2D eigenvalue weighted by Gasteiger charge is 2.08. The number of fused-ring (bicyclic) bond motifs is 1. The van der Waals surface area contributed by atoms with Crippen LogP contribution in [0.2, 0.25) is 0 Å². The average Bonchev–Trinajstić information content (AvgIpc) is 2.50. The molecule has 6 nitrogen and oxygen atoms in total. The van der Waals surface area contributed by atoms with Crippen LogP contribution in [0.25, 0.3) is 5.78 Å². The van der Waals surface area contributed by atoms with E-state index in [2.05, 4.69) is 4.98 Å². The van der Waals surface area contributed by atoms with Gasteiger partial charge in [-0.05, 0) is 0 Å². The molecule has 6 heteroatoms. The number of anilines is 1. The van der Waals surface area contributed by atoms with Gasteiger partial charge in [-0.15, -0.1) is 0 Å². The van der Waals surface area contributed by atoms with Gasteiger partial charge >= 0.3 is 0 Å². The summed E-state index contributed by atoms with van der Waals surface area (Å²) in [5.41, 5.74) is 5.97. The zero-order valence-electron chi connectivity index (χ0n) is 8.34. The lowest BCUT2D eigenvalue weighted by atomic mass is 10.2. The third kappa shape index (κ3) is 1.39. The summed E-state index contributed by atoms with van der Waals surface area (Å²) < 4.78 is 3.02. The van der Waals surface area contributed by atoms with Crippen LogP contribution < -0.4 is 11.3 Å². The number of aliphatic hydroxyl groups excluding tert-OH is 1. The fourth-order valence-corrected chi connectivity index (χ4v) is 1.49. The van der Waals surface area contributed by atoms with Gasteiger partial charge in [0.15, 0.2) is 0 Å². The molecule has 0 aromatic carbocycles. The Morgan fingerprint density at radius 1 is 1.60 bits per heavy atom. The van der Waals surface area contributed by atoms with Gasteiger partial charge in [-0.2, -0.15) is 0 Å². The molecular weight excluding hydrogens is 196 g/mol. The normalized spacial score (nSPS) is 11.1. The van der Waals surface area contributed by atoms with Crippen LogP contribution in [-0.2, 0) is 13.5 Å². The van der Waals surface area contributed by atoms with Crippen molar-refractivity contribution in [2.24, 2.45) is 7.05 Å². The molecule has 3 N–H and O–H groups in total. The fraction of sp³-hybridized carbons (Fsp3) is 0.333. The van der Waals surface area contributed by atoms with Crippen molar-refractivity contribution in [1.29, 1.82) is 0 Å². The molecule has 0 saturated heterocycles. The average molecular weight is 208 g/mol. The smallest absolute Gasteiger partial charge is 0.262 e. The van der Waals surface area contributed by atoms with Crippen molar-refractivity contribution in [1.82, 2.24) is 14.0 Å². The first-order valence-corrected chi connectivity index (χ1v) is 4.57. The van der Waals surface area contributed by atoms with Gasteiger partial charge in [-0.25, -0.2) is 9.38 Å². The van der Waals surface area contributed by atoms with Crippen LogP contribution in [0, 0.1) is 0 Å². The second-order valence-corrected chi connectivity index (χ2v) is 3.35. The number of nitrogens with zero attached hydrogens (tertiary/aromatic N) is 3. The van der Waals surface area contributed by atoms with E-state index in [0.717, 1.165) is 0 Å². The number of aliphatic hydroxyl groups is 1. The maximum atomic E-state index is 11.8. The molecule has 0 fully saturated rings. The van der Waals surface area contributed by atoms with E-state index in [9.17, 15) is 4.79 Å². The van der Waals surface area contributed by atoms with Crippen LogP contribution in [0.3, 0.4) is 0 Å². The van der Waals surface area contributed by atoms with E-state index in [0.29, 0.717) is 23.6 Å². The summed E-state index contributed by atoms with van der Waals surface area (Å²) in [6.07, 6.45) is 3.32. The second kappa shape index (κ2) is 3.39. The van der Waals surface area contributed by atoms with E-state index in [1.165, 1.54) is 16.8 Å². The van der Waals surface area contributed by atoms with Crippen molar-refractivity contribution in [3.63, 3.8) is 0 Å². The number of imidazole rings is 1. The topological polar surface area (TPSA) is 85.5 Å². The zero-order valence-corrected chi connectivity index (χ0v) is 8.34. The van der Waals surface area contributed by atoms with Gasteiger partial charge in [0.25, 0.3) is 5.56 Å². The van der Waals surface area contributed by atoms with Crippen LogP contribution in [0.5, 0.6) is 0 Å². The molecule has 2 aromatic rings. The quantitative estimate of drug-likeness (QED) is 0.673. The summed E-state index contributed by atoms with van der Waals surface area (Å²) in [5, 5.41) is 8.77. The van der Waals surface area contributed by atoms with Crippen molar-refractivity contribution in [2.75, 3.05) is 12.3 Å². The van der Waals surface area contributed by atoms with E-state index in [1.807, 2.05) is 0 Å². The van der Waals surface area contributed by atoms with E-state index < -0.39 is 0 Å². The molecule has 0 amide bonds. The van der Waals surface area contributed by atoms with Crippen molar-refractivity contribution in [3.8, 4) is 0 Å². The highest BCUT2D eigenvalue weighted by Crippen LogP contribution is 2.06. The summed E-state index contributed by atoms with van der Waals surface area (Å²) in [6, 6.07) is 0. The molecule has 0 saturated carbocycles. The second-order valence-electron chi connectivity index (χ2n) is 3.35. The molecule has 80 valence electrons. The van der Waals surface area contributed by atoms with Gasteiger partial charge in [-0.1, -0.05) is 0 Å². The summed E-state index contributed by atoms with van der Waals surface area (Å²) >= 11 is 0. The van der Waals surface area contributed by atoms with Gasteiger partial charge < -0.3 is 10.8 Å². The predicted molar refractivity (Wildman–Crippen MR) is 55.6 cm³/mol. The Balaban J connectivity index is 2.74. The van der Waals surface area contributed by atoms with Gasteiger partial charge in [0.1, 0.15) is 5.82 Å². The largest absolute Gasteiger partial charge is 0.396 e. The first-order chi connectivity index (χ1) is 7.15. The molecule has 0 aliphatic carbocycles. The Morgan fingerprint density at radius 3 is 3.00 bits per heavy atom. The van der Waals surface area contributed by atoms with Gasteiger partial charge in [-0.3, -0.25) is 9.36 Å². The highest BCUT2D eigenvalue weighted by atomic mass is 16.3. The third-order valence-corrected chi connectivity index (χ3v) is 2.37. The standard InChI is InChI=1S/C9H12N4O2/c1-12-7(10)5-13-8(15)6(2-3-14)4-11-9(12)13/h4-5,14H,2-3,10H2,1H3. The lowest BCUT2D eigenvalue weighted by molar-refractivity contribution is 0.299. The lowest BCUT2D eigenvalue weighted by Crippen LogP contribution is -2.19. The molecule has 0 atom stereocenters. The molecule has 0 radical (unpaired) electrons. The first-order valence-electron chi connectivity index (χ1n) is 4.57.